The van der Waals surface area contributed by atoms with Crippen molar-refractivity contribution in [2.45, 2.75) is 33.6 Å². The fourth-order valence-electron chi connectivity index (χ4n) is 1.41. The van der Waals surface area contributed by atoms with Gasteiger partial charge in [-0.15, -0.1) is 0 Å². The molecule has 0 heterocycles. The highest BCUT2D eigenvalue weighted by Crippen LogP contribution is 2.35. The molecule has 1 aliphatic rings. The van der Waals surface area contributed by atoms with E-state index in [2.05, 4.69) is 0 Å². The predicted octanol–water partition coefficient (Wildman–Crippen LogP) is 1.58. The van der Waals surface area contributed by atoms with Gasteiger partial charge in [0.15, 0.2) is 5.78 Å². The molecule has 0 aromatic rings. The molecule has 0 bridgehead atoms. The number of rotatable bonds is 0. The number of hydrogen-bond donors (Lipinski definition) is 0. The van der Waals surface area contributed by atoms with E-state index in [0.29, 0.717) is 12.3 Å². The second kappa shape index (κ2) is 2.43. The maximum atomic E-state index is 11.3. The molecule has 1 rings (SSSR count). The summed E-state index contributed by atoms with van der Waals surface area (Å²) in [5, 5.41) is 0. The molecule has 0 N–H and O–H groups in total. The Balaban J connectivity index is 2.89. The van der Waals surface area contributed by atoms with Crippen LogP contribution in [0, 0.1) is 11.3 Å². The predicted molar refractivity (Wildman–Crippen MR) is 42.2 cm³/mol. The third-order valence-electron chi connectivity index (χ3n) is 2.87. The van der Waals surface area contributed by atoms with Crippen molar-refractivity contribution < 1.29 is 9.59 Å². The smallest absolute Gasteiger partial charge is 0.204 e. The SMILES string of the molecule is CC1CCC(=O)C(=O)C1(C)C. The quantitative estimate of drug-likeness (QED) is 0.496. The Kier molecular flexibility index (Phi) is 1.87. The standard InChI is InChI=1S/C9H14O2/c1-6-4-5-7(10)8(11)9(6,2)3/h6H,4-5H2,1-3H3. The number of Topliss-reactive ketones (excluding diaryl/α,β-unsaturated/α-hetero) is 2. The van der Waals surface area contributed by atoms with Gasteiger partial charge in [-0.25, -0.2) is 0 Å². The van der Waals surface area contributed by atoms with Crippen molar-refractivity contribution in [2.75, 3.05) is 0 Å². The van der Waals surface area contributed by atoms with Gasteiger partial charge in [0.2, 0.25) is 5.78 Å². The van der Waals surface area contributed by atoms with Gasteiger partial charge in [0, 0.05) is 11.8 Å². The molecule has 0 aliphatic heterocycles. The van der Waals surface area contributed by atoms with Crippen molar-refractivity contribution in [3.63, 3.8) is 0 Å². The van der Waals surface area contributed by atoms with E-state index in [1.54, 1.807) is 0 Å². The number of carbonyl (C=O) groups is 2. The van der Waals surface area contributed by atoms with Gasteiger partial charge in [-0.2, -0.15) is 0 Å². The summed E-state index contributed by atoms with van der Waals surface area (Å²) < 4.78 is 0. The number of ketones is 2. The van der Waals surface area contributed by atoms with Crippen molar-refractivity contribution in [3.05, 3.63) is 0 Å². The summed E-state index contributed by atoms with van der Waals surface area (Å²) in [6.07, 6.45) is 1.31. The van der Waals surface area contributed by atoms with Crippen LogP contribution in [-0.4, -0.2) is 11.6 Å². The molecule has 11 heavy (non-hydrogen) atoms. The monoisotopic (exact) mass is 154 g/mol. The molecule has 0 radical (unpaired) electrons. The van der Waals surface area contributed by atoms with Gasteiger partial charge in [-0.3, -0.25) is 9.59 Å². The molecule has 1 fully saturated rings. The highest BCUT2D eigenvalue weighted by atomic mass is 16.2. The minimum atomic E-state index is -0.421. The van der Waals surface area contributed by atoms with Crippen LogP contribution in [0.4, 0.5) is 0 Å². The lowest BCUT2D eigenvalue weighted by molar-refractivity contribution is -0.146. The van der Waals surface area contributed by atoms with Crippen molar-refractivity contribution >= 4 is 11.6 Å². The minimum absolute atomic E-state index is 0.184. The van der Waals surface area contributed by atoms with Gasteiger partial charge in [0.25, 0.3) is 0 Å². The van der Waals surface area contributed by atoms with Crippen LogP contribution in [-0.2, 0) is 9.59 Å². The lowest BCUT2D eigenvalue weighted by Gasteiger charge is -2.33. The van der Waals surface area contributed by atoms with Crippen LogP contribution >= 0.6 is 0 Å². The Hall–Kier alpha value is -0.660. The zero-order valence-electron chi connectivity index (χ0n) is 7.31. The Labute approximate surface area is 67.0 Å². The normalized spacial score (nSPS) is 30.6. The Bertz CT molecular complexity index is 204. The molecule has 62 valence electrons. The van der Waals surface area contributed by atoms with Crippen molar-refractivity contribution in [2.24, 2.45) is 11.3 Å². The molecule has 0 aromatic heterocycles. The fourth-order valence-corrected chi connectivity index (χ4v) is 1.41. The zero-order valence-corrected chi connectivity index (χ0v) is 7.31. The van der Waals surface area contributed by atoms with E-state index in [1.807, 2.05) is 20.8 Å². The molecule has 0 aromatic carbocycles. The third-order valence-corrected chi connectivity index (χ3v) is 2.87. The van der Waals surface area contributed by atoms with Crippen molar-refractivity contribution in [1.29, 1.82) is 0 Å². The van der Waals surface area contributed by atoms with E-state index < -0.39 is 5.41 Å². The van der Waals surface area contributed by atoms with Gasteiger partial charge >= 0.3 is 0 Å². The van der Waals surface area contributed by atoms with Gasteiger partial charge in [0.05, 0.1) is 0 Å². The van der Waals surface area contributed by atoms with Gasteiger partial charge in [-0.1, -0.05) is 20.8 Å². The van der Waals surface area contributed by atoms with Crippen LogP contribution in [0.15, 0.2) is 0 Å². The lowest BCUT2D eigenvalue weighted by Crippen LogP contribution is -2.41. The zero-order chi connectivity index (χ0) is 8.65. The molecule has 2 nitrogen and oxygen atoms in total. The maximum absolute atomic E-state index is 11.3. The minimum Gasteiger partial charge on any atom is -0.291 e. The first-order valence-corrected chi connectivity index (χ1v) is 4.04. The summed E-state index contributed by atoms with van der Waals surface area (Å²) in [6, 6.07) is 0. The fraction of sp³-hybridized carbons (Fsp3) is 0.778. The largest absolute Gasteiger partial charge is 0.291 e. The van der Waals surface area contributed by atoms with E-state index in [4.69, 9.17) is 0 Å². The summed E-state index contributed by atoms with van der Waals surface area (Å²) in [5.74, 6) is -0.0305. The van der Waals surface area contributed by atoms with Crippen molar-refractivity contribution in [1.82, 2.24) is 0 Å². The van der Waals surface area contributed by atoms with E-state index >= 15 is 0 Å². The molecule has 0 saturated heterocycles. The summed E-state index contributed by atoms with van der Waals surface area (Å²) in [5.41, 5.74) is -0.421. The average molecular weight is 154 g/mol. The van der Waals surface area contributed by atoms with E-state index in [0.717, 1.165) is 6.42 Å². The average Bonchev–Trinajstić information content (AvgIpc) is 1.95. The summed E-state index contributed by atoms with van der Waals surface area (Å²) >= 11 is 0. The Morgan fingerprint density at radius 3 is 2.36 bits per heavy atom. The molecule has 1 aliphatic carbocycles. The third kappa shape index (κ3) is 1.22. The van der Waals surface area contributed by atoms with Gasteiger partial charge < -0.3 is 0 Å². The Morgan fingerprint density at radius 1 is 1.36 bits per heavy atom. The molecular weight excluding hydrogens is 140 g/mol. The molecule has 2 heteroatoms. The second-order valence-electron chi connectivity index (χ2n) is 3.91. The van der Waals surface area contributed by atoms with E-state index in [1.165, 1.54) is 0 Å². The maximum Gasteiger partial charge on any atom is 0.204 e. The first-order chi connectivity index (χ1) is 4.96. The molecule has 1 atom stereocenters. The number of hydrogen-bond acceptors (Lipinski definition) is 2. The summed E-state index contributed by atoms with van der Waals surface area (Å²) in [4.78, 5) is 22.3. The van der Waals surface area contributed by atoms with E-state index in [-0.39, 0.29) is 11.6 Å². The van der Waals surface area contributed by atoms with Crippen LogP contribution in [0.1, 0.15) is 33.6 Å². The van der Waals surface area contributed by atoms with Crippen molar-refractivity contribution in [3.8, 4) is 0 Å². The Morgan fingerprint density at radius 2 is 1.91 bits per heavy atom. The highest BCUT2D eigenvalue weighted by molar-refractivity contribution is 6.39. The highest BCUT2D eigenvalue weighted by Gasteiger charge is 2.41. The van der Waals surface area contributed by atoms with E-state index in [9.17, 15) is 9.59 Å². The first kappa shape index (κ1) is 8.44. The van der Waals surface area contributed by atoms with Crippen LogP contribution in [0.3, 0.4) is 0 Å². The number of carbonyl (C=O) groups excluding carboxylic acids is 2. The molecule has 0 spiro atoms. The summed E-state index contributed by atoms with van der Waals surface area (Å²) in [7, 11) is 0. The first-order valence-electron chi connectivity index (χ1n) is 4.04. The van der Waals surface area contributed by atoms with Crippen LogP contribution in [0.5, 0.6) is 0 Å². The second-order valence-corrected chi connectivity index (χ2v) is 3.91. The van der Waals surface area contributed by atoms with Crippen LogP contribution in [0.2, 0.25) is 0 Å². The van der Waals surface area contributed by atoms with Crippen LogP contribution < -0.4 is 0 Å². The molecular formula is C9H14O2. The summed E-state index contributed by atoms with van der Waals surface area (Å²) in [6.45, 7) is 5.75. The lowest BCUT2D eigenvalue weighted by atomic mass is 9.68. The molecule has 0 amide bonds. The van der Waals surface area contributed by atoms with Gasteiger partial charge in [-0.05, 0) is 12.3 Å². The van der Waals surface area contributed by atoms with Crippen LogP contribution in [0.25, 0.3) is 0 Å². The van der Waals surface area contributed by atoms with Gasteiger partial charge in [0.1, 0.15) is 0 Å². The molecule has 1 unspecified atom stereocenters. The molecule has 1 saturated carbocycles. The topological polar surface area (TPSA) is 34.1 Å².